The van der Waals surface area contributed by atoms with Crippen molar-refractivity contribution >= 4 is 34.2 Å². The van der Waals surface area contributed by atoms with Gasteiger partial charge < -0.3 is 0 Å². The van der Waals surface area contributed by atoms with E-state index in [0.717, 1.165) is 0 Å². The molecule has 0 radical (unpaired) electrons. The maximum Gasteiger partial charge on any atom is 0.225 e. The fourth-order valence-electron chi connectivity index (χ4n) is 1.22. The molecular formula is C8H5Cl2N5. The van der Waals surface area contributed by atoms with E-state index in [0.29, 0.717) is 24.0 Å². The van der Waals surface area contributed by atoms with Crippen LogP contribution in [0.15, 0.2) is 6.20 Å². The summed E-state index contributed by atoms with van der Waals surface area (Å²) in [6.45, 7) is 0.462. The molecule has 0 fully saturated rings. The minimum atomic E-state index is 0.0752. The SMILES string of the molecule is N#CCCn1ncc2c(Cl)nc(Cl)nc21. The molecule has 76 valence electrons. The Labute approximate surface area is 95.3 Å². The van der Waals surface area contributed by atoms with E-state index in [4.69, 9.17) is 28.5 Å². The third kappa shape index (κ3) is 1.87. The highest BCUT2D eigenvalue weighted by Crippen LogP contribution is 2.21. The van der Waals surface area contributed by atoms with E-state index in [1.807, 2.05) is 6.07 Å². The van der Waals surface area contributed by atoms with Gasteiger partial charge in [0.05, 0.1) is 30.6 Å². The van der Waals surface area contributed by atoms with Gasteiger partial charge in [-0.2, -0.15) is 15.3 Å². The molecule has 0 aliphatic carbocycles. The minimum Gasteiger partial charge on any atom is -0.246 e. The number of nitrogens with zero attached hydrogens (tertiary/aromatic N) is 5. The van der Waals surface area contributed by atoms with E-state index >= 15 is 0 Å². The van der Waals surface area contributed by atoms with Crippen LogP contribution in [0.4, 0.5) is 0 Å². The Morgan fingerprint density at radius 3 is 2.93 bits per heavy atom. The lowest BCUT2D eigenvalue weighted by Crippen LogP contribution is -2.00. The van der Waals surface area contributed by atoms with Crippen LogP contribution in [0.5, 0.6) is 0 Å². The number of fused-ring (bicyclic) bond motifs is 1. The van der Waals surface area contributed by atoms with Crippen molar-refractivity contribution in [2.24, 2.45) is 0 Å². The van der Waals surface area contributed by atoms with Gasteiger partial charge in [-0.25, -0.2) is 9.67 Å². The lowest BCUT2D eigenvalue weighted by molar-refractivity contribution is 0.643. The first-order valence-corrected chi connectivity index (χ1v) is 4.89. The number of hydrogen-bond acceptors (Lipinski definition) is 4. The summed E-state index contributed by atoms with van der Waals surface area (Å²) in [7, 11) is 0. The largest absolute Gasteiger partial charge is 0.246 e. The monoisotopic (exact) mass is 241 g/mol. The van der Waals surface area contributed by atoms with Crippen LogP contribution in [0.2, 0.25) is 10.4 Å². The molecular weight excluding hydrogens is 237 g/mol. The highest BCUT2D eigenvalue weighted by molar-refractivity contribution is 6.35. The van der Waals surface area contributed by atoms with Crippen molar-refractivity contribution in [3.05, 3.63) is 16.6 Å². The molecule has 2 heterocycles. The van der Waals surface area contributed by atoms with Crippen LogP contribution < -0.4 is 0 Å². The van der Waals surface area contributed by atoms with E-state index in [2.05, 4.69) is 15.1 Å². The second kappa shape index (κ2) is 4.01. The van der Waals surface area contributed by atoms with E-state index in [-0.39, 0.29) is 10.4 Å². The second-order valence-corrected chi connectivity index (χ2v) is 3.49. The van der Waals surface area contributed by atoms with Crippen molar-refractivity contribution < 1.29 is 0 Å². The average molecular weight is 242 g/mol. The third-order valence-electron chi connectivity index (χ3n) is 1.86. The topological polar surface area (TPSA) is 67.4 Å². The van der Waals surface area contributed by atoms with Crippen molar-refractivity contribution in [1.29, 1.82) is 5.26 Å². The van der Waals surface area contributed by atoms with E-state index in [9.17, 15) is 0 Å². The molecule has 0 spiro atoms. The molecule has 2 aromatic rings. The molecule has 0 unspecified atom stereocenters. The molecule has 0 saturated carbocycles. The highest BCUT2D eigenvalue weighted by Gasteiger charge is 2.09. The predicted molar refractivity (Wildman–Crippen MR) is 55.6 cm³/mol. The van der Waals surface area contributed by atoms with Crippen LogP contribution in [0.1, 0.15) is 6.42 Å². The summed E-state index contributed by atoms with van der Waals surface area (Å²) in [4.78, 5) is 7.81. The van der Waals surface area contributed by atoms with Gasteiger partial charge in [-0.15, -0.1) is 0 Å². The summed E-state index contributed by atoms with van der Waals surface area (Å²) < 4.78 is 1.58. The molecule has 0 aliphatic heterocycles. The van der Waals surface area contributed by atoms with Crippen molar-refractivity contribution in [3.8, 4) is 6.07 Å². The van der Waals surface area contributed by atoms with Gasteiger partial charge in [0.1, 0.15) is 5.15 Å². The number of aromatic nitrogens is 4. The summed E-state index contributed by atoms with van der Waals surface area (Å²) in [6, 6.07) is 2.03. The molecule has 7 heteroatoms. The molecule has 0 aromatic carbocycles. The zero-order valence-corrected chi connectivity index (χ0v) is 9.00. The first kappa shape index (κ1) is 10.1. The smallest absolute Gasteiger partial charge is 0.225 e. The Morgan fingerprint density at radius 2 is 2.20 bits per heavy atom. The van der Waals surface area contributed by atoms with Crippen molar-refractivity contribution in [1.82, 2.24) is 19.7 Å². The van der Waals surface area contributed by atoms with Gasteiger partial charge in [0.2, 0.25) is 5.28 Å². The Balaban J connectivity index is 2.54. The molecule has 0 saturated heterocycles. The lowest BCUT2D eigenvalue weighted by Gasteiger charge is -1.99. The Morgan fingerprint density at radius 1 is 1.40 bits per heavy atom. The van der Waals surface area contributed by atoms with Gasteiger partial charge in [-0.3, -0.25) is 0 Å². The van der Waals surface area contributed by atoms with Crippen LogP contribution in [-0.2, 0) is 6.54 Å². The standard InChI is InChI=1S/C8H5Cl2N5/c9-6-5-4-12-15(3-1-2-11)7(5)14-8(10)13-6/h4H,1,3H2. The van der Waals surface area contributed by atoms with E-state index < -0.39 is 0 Å². The molecule has 0 N–H and O–H groups in total. The number of nitriles is 1. The Kier molecular flexibility index (Phi) is 2.71. The van der Waals surface area contributed by atoms with Crippen molar-refractivity contribution in [3.63, 3.8) is 0 Å². The molecule has 5 nitrogen and oxygen atoms in total. The van der Waals surface area contributed by atoms with Crippen LogP contribution in [0, 0.1) is 11.3 Å². The first-order valence-electron chi connectivity index (χ1n) is 4.14. The minimum absolute atomic E-state index is 0.0752. The van der Waals surface area contributed by atoms with Crippen molar-refractivity contribution in [2.75, 3.05) is 0 Å². The molecule has 0 aliphatic rings. The van der Waals surface area contributed by atoms with Crippen LogP contribution in [-0.4, -0.2) is 19.7 Å². The fourth-order valence-corrected chi connectivity index (χ4v) is 1.64. The average Bonchev–Trinajstić information content (AvgIpc) is 2.58. The molecule has 15 heavy (non-hydrogen) atoms. The van der Waals surface area contributed by atoms with Gasteiger partial charge >= 0.3 is 0 Å². The third-order valence-corrected chi connectivity index (χ3v) is 2.31. The van der Waals surface area contributed by atoms with Crippen molar-refractivity contribution in [2.45, 2.75) is 13.0 Å². The summed E-state index contributed by atoms with van der Waals surface area (Å²) in [5, 5.41) is 13.5. The Hall–Kier alpha value is -1.38. The normalized spacial score (nSPS) is 10.5. The summed E-state index contributed by atoms with van der Waals surface area (Å²) in [5.41, 5.74) is 0.551. The number of rotatable bonds is 2. The Bertz CT molecular complexity index is 542. The van der Waals surface area contributed by atoms with E-state index in [1.54, 1.807) is 10.9 Å². The number of hydrogen-bond donors (Lipinski definition) is 0. The molecule has 0 amide bonds. The maximum absolute atomic E-state index is 8.47. The van der Waals surface area contributed by atoms with Gasteiger partial charge in [-0.1, -0.05) is 11.6 Å². The second-order valence-electron chi connectivity index (χ2n) is 2.80. The number of aryl methyl sites for hydroxylation is 1. The number of halogens is 2. The lowest BCUT2D eigenvalue weighted by atomic mass is 10.4. The van der Waals surface area contributed by atoms with Gasteiger partial charge in [0.25, 0.3) is 0 Å². The quantitative estimate of drug-likeness (QED) is 0.597. The summed E-state index contributed by atoms with van der Waals surface area (Å²) in [5.74, 6) is 0. The van der Waals surface area contributed by atoms with E-state index in [1.165, 1.54) is 0 Å². The first-order chi connectivity index (χ1) is 7.22. The zero-order valence-electron chi connectivity index (χ0n) is 7.48. The predicted octanol–water partition coefficient (Wildman–Crippen LogP) is 2.05. The van der Waals surface area contributed by atoms with Crippen LogP contribution >= 0.6 is 23.2 Å². The molecule has 2 rings (SSSR count). The molecule has 2 aromatic heterocycles. The summed E-state index contributed by atoms with van der Waals surface area (Å²) >= 11 is 11.5. The highest BCUT2D eigenvalue weighted by atomic mass is 35.5. The van der Waals surface area contributed by atoms with Gasteiger partial charge in [0, 0.05) is 0 Å². The zero-order chi connectivity index (χ0) is 10.8. The van der Waals surface area contributed by atoms with Crippen LogP contribution in [0.3, 0.4) is 0 Å². The molecule has 0 bridgehead atoms. The fraction of sp³-hybridized carbons (Fsp3) is 0.250. The van der Waals surface area contributed by atoms with Gasteiger partial charge in [0.15, 0.2) is 5.65 Å². The maximum atomic E-state index is 8.47. The van der Waals surface area contributed by atoms with Gasteiger partial charge in [-0.05, 0) is 11.6 Å². The molecule has 0 atom stereocenters. The summed E-state index contributed by atoms with van der Waals surface area (Å²) in [6.07, 6.45) is 1.92. The van der Waals surface area contributed by atoms with Crippen LogP contribution in [0.25, 0.3) is 11.0 Å².